The molecule has 0 radical (unpaired) electrons. The van der Waals surface area contributed by atoms with E-state index in [2.05, 4.69) is 10.1 Å². The van der Waals surface area contributed by atoms with Gasteiger partial charge in [0.25, 0.3) is 5.91 Å². The SMILES string of the molecule is COC(=O)c1ccc(O[C@H](C)C(=O)Nc2ccccc2-c2ccccc2)cc1. The van der Waals surface area contributed by atoms with Crippen molar-refractivity contribution in [2.24, 2.45) is 0 Å². The van der Waals surface area contributed by atoms with E-state index in [1.165, 1.54) is 7.11 Å². The number of para-hydroxylation sites is 1. The van der Waals surface area contributed by atoms with Crippen molar-refractivity contribution < 1.29 is 19.1 Å². The summed E-state index contributed by atoms with van der Waals surface area (Å²) in [7, 11) is 1.33. The highest BCUT2D eigenvalue weighted by Crippen LogP contribution is 2.27. The van der Waals surface area contributed by atoms with Crippen LogP contribution in [0.1, 0.15) is 17.3 Å². The fraction of sp³-hybridized carbons (Fsp3) is 0.130. The van der Waals surface area contributed by atoms with Crippen LogP contribution in [0.5, 0.6) is 5.75 Å². The van der Waals surface area contributed by atoms with Crippen LogP contribution in [-0.4, -0.2) is 25.1 Å². The lowest BCUT2D eigenvalue weighted by atomic mass is 10.0. The van der Waals surface area contributed by atoms with Crippen LogP contribution < -0.4 is 10.1 Å². The van der Waals surface area contributed by atoms with Crippen molar-refractivity contribution in [3.8, 4) is 16.9 Å². The van der Waals surface area contributed by atoms with Gasteiger partial charge in [-0.25, -0.2) is 4.79 Å². The topological polar surface area (TPSA) is 64.6 Å². The largest absolute Gasteiger partial charge is 0.481 e. The zero-order valence-electron chi connectivity index (χ0n) is 15.7. The van der Waals surface area contributed by atoms with Crippen LogP contribution in [0.2, 0.25) is 0 Å². The Morgan fingerprint density at radius 2 is 1.50 bits per heavy atom. The molecule has 1 amide bonds. The summed E-state index contributed by atoms with van der Waals surface area (Å²) in [5.74, 6) is -0.193. The Morgan fingerprint density at radius 3 is 2.18 bits per heavy atom. The number of carbonyl (C=O) groups excluding carboxylic acids is 2. The highest BCUT2D eigenvalue weighted by Gasteiger charge is 2.17. The van der Waals surface area contributed by atoms with E-state index in [1.807, 2.05) is 54.6 Å². The Bertz CT molecular complexity index is 952. The maximum absolute atomic E-state index is 12.6. The molecular formula is C23H21NO4. The van der Waals surface area contributed by atoms with Crippen LogP contribution >= 0.6 is 0 Å². The number of methoxy groups -OCH3 is 1. The maximum Gasteiger partial charge on any atom is 0.337 e. The fourth-order valence-corrected chi connectivity index (χ4v) is 2.74. The van der Waals surface area contributed by atoms with Gasteiger partial charge in [-0.3, -0.25) is 4.79 Å². The lowest BCUT2D eigenvalue weighted by molar-refractivity contribution is -0.122. The van der Waals surface area contributed by atoms with Gasteiger partial charge in [0.15, 0.2) is 6.10 Å². The van der Waals surface area contributed by atoms with Crippen molar-refractivity contribution in [3.05, 3.63) is 84.4 Å². The molecule has 0 aromatic heterocycles. The highest BCUT2D eigenvalue weighted by atomic mass is 16.5. The molecule has 5 heteroatoms. The summed E-state index contributed by atoms with van der Waals surface area (Å²) >= 11 is 0. The van der Waals surface area contributed by atoms with E-state index < -0.39 is 12.1 Å². The smallest absolute Gasteiger partial charge is 0.337 e. The van der Waals surface area contributed by atoms with Gasteiger partial charge in [0, 0.05) is 11.3 Å². The monoisotopic (exact) mass is 375 g/mol. The first-order valence-corrected chi connectivity index (χ1v) is 8.89. The number of carbonyl (C=O) groups is 2. The van der Waals surface area contributed by atoms with Crippen LogP contribution in [0.15, 0.2) is 78.9 Å². The number of amides is 1. The van der Waals surface area contributed by atoms with Crippen molar-refractivity contribution in [1.82, 2.24) is 0 Å². The van der Waals surface area contributed by atoms with Gasteiger partial charge in [-0.15, -0.1) is 0 Å². The molecule has 3 aromatic carbocycles. The molecule has 0 aliphatic heterocycles. The first-order chi connectivity index (χ1) is 13.6. The predicted molar refractivity (Wildman–Crippen MR) is 108 cm³/mol. The second-order valence-electron chi connectivity index (χ2n) is 6.18. The van der Waals surface area contributed by atoms with Crippen molar-refractivity contribution in [3.63, 3.8) is 0 Å². The van der Waals surface area contributed by atoms with Gasteiger partial charge >= 0.3 is 5.97 Å². The molecular weight excluding hydrogens is 354 g/mol. The molecule has 0 spiro atoms. The zero-order chi connectivity index (χ0) is 19.9. The lowest BCUT2D eigenvalue weighted by Gasteiger charge is -2.17. The van der Waals surface area contributed by atoms with Crippen molar-refractivity contribution in [2.75, 3.05) is 12.4 Å². The molecule has 0 fully saturated rings. The number of esters is 1. The third-order valence-electron chi connectivity index (χ3n) is 4.23. The average Bonchev–Trinajstić information content (AvgIpc) is 2.74. The van der Waals surface area contributed by atoms with Crippen LogP contribution in [0, 0.1) is 0 Å². The Balaban J connectivity index is 1.69. The molecule has 28 heavy (non-hydrogen) atoms. The van der Waals surface area contributed by atoms with E-state index in [0.717, 1.165) is 16.8 Å². The van der Waals surface area contributed by atoms with E-state index in [-0.39, 0.29) is 5.91 Å². The molecule has 0 aliphatic carbocycles. The van der Waals surface area contributed by atoms with E-state index in [0.29, 0.717) is 11.3 Å². The number of hydrogen-bond donors (Lipinski definition) is 1. The van der Waals surface area contributed by atoms with Crippen molar-refractivity contribution in [2.45, 2.75) is 13.0 Å². The molecule has 0 unspecified atom stereocenters. The van der Waals surface area contributed by atoms with E-state index in [9.17, 15) is 9.59 Å². The van der Waals surface area contributed by atoms with E-state index >= 15 is 0 Å². The van der Waals surface area contributed by atoms with Crippen molar-refractivity contribution in [1.29, 1.82) is 0 Å². The Labute approximate surface area is 163 Å². The highest BCUT2D eigenvalue weighted by molar-refractivity contribution is 5.98. The van der Waals surface area contributed by atoms with Gasteiger partial charge in [0.2, 0.25) is 0 Å². The minimum atomic E-state index is -0.715. The van der Waals surface area contributed by atoms with Gasteiger partial charge in [-0.1, -0.05) is 48.5 Å². The number of benzene rings is 3. The molecule has 0 bridgehead atoms. The van der Waals surface area contributed by atoms with Crippen molar-refractivity contribution >= 4 is 17.6 Å². The number of anilines is 1. The molecule has 0 heterocycles. The summed E-state index contributed by atoms with van der Waals surface area (Å²) in [6.45, 7) is 1.68. The summed E-state index contributed by atoms with van der Waals surface area (Å²) in [4.78, 5) is 24.1. The number of hydrogen-bond acceptors (Lipinski definition) is 4. The molecule has 0 saturated heterocycles. The molecule has 142 valence electrons. The summed E-state index contributed by atoms with van der Waals surface area (Å²) in [6, 6.07) is 23.9. The summed E-state index contributed by atoms with van der Waals surface area (Å²) < 4.78 is 10.4. The minimum absolute atomic E-state index is 0.263. The first-order valence-electron chi connectivity index (χ1n) is 8.89. The van der Waals surface area contributed by atoms with Gasteiger partial charge in [-0.05, 0) is 42.8 Å². The van der Waals surface area contributed by atoms with Crippen LogP contribution in [0.3, 0.4) is 0 Å². The van der Waals surface area contributed by atoms with Crippen LogP contribution in [0.25, 0.3) is 11.1 Å². The van der Waals surface area contributed by atoms with Gasteiger partial charge in [0.1, 0.15) is 5.75 Å². The summed E-state index contributed by atoms with van der Waals surface area (Å²) in [5.41, 5.74) is 3.09. The molecule has 1 atom stereocenters. The second kappa shape index (κ2) is 8.86. The first kappa shape index (κ1) is 19.2. The molecule has 3 rings (SSSR count). The van der Waals surface area contributed by atoms with E-state index in [4.69, 9.17) is 4.74 Å². The lowest BCUT2D eigenvalue weighted by Crippen LogP contribution is -2.30. The normalized spacial score (nSPS) is 11.4. The Morgan fingerprint density at radius 1 is 0.857 bits per heavy atom. The maximum atomic E-state index is 12.6. The molecule has 5 nitrogen and oxygen atoms in total. The van der Waals surface area contributed by atoms with Gasteiger partial charge in [0.05, 0.1) is 12.7 Å². The van der Waals surface area contributed by atoms with Crippen LogP contribution in [0.4, 0.5) is 5.69 Å². The summed E-state index contributed by atoms with van der Waals surface area (Å²) in [5, 5.41) is 2.93. The third kappa shape index (κ3) is 4.57. The second-order valence-corrected chi connectivity index (χ2v) is 6.18. The quantitative estimate of drug-likeness (QED) is 0.642. The molecule has 1 N–H and O–H groups in total. The summed E-state index contributed by atoms with van der Waals surface area (Å²) in [6.07, 6.45) is -0.715. The predicted octanol–water partition coefficient (Wildman–Crippen LogP) is 4.55. The molecule has 3 aromatic rings. The molecule has 0 aliphatic rings. The number of nitrogens with one attached hydrogen (secondary N) is 1. The fourth-order valence-electron chi connectivity index (χ4n) is 2.74. The third-order valence-corrected chi connectivity index (χ3v) is 4.23. The standard InChI is InChI=1S/C23H21NO4/c1-16(28-19-14-12-18(13-15-19)23(26)27-2)22(25)24-21-11-7-6-10-20(21)17-8-4-3-5-9-17/h3-16H,1-2H3,(H,24,25)/t16-/m1/s1. The average molecular weight is 375 g/mol. The number of ether oxygens (including phenoxy) is 2. The Hall–Kier alpha value is -3.60. The minimum Gasteiger partial charge on any atom is -0.481 e. The van der Waals surface area contributed by atoms with Crippen LogP contribution in [-0.2, 0) is 9.53 Å². The van der Waals surface area contributed by atoms with Gasteiger partial charge in [-0.2, -0.15) is 0 Å². The van der Waals surface area contributed by atoms with Gasteiger partial charge < -0.3 is 14.8 Å². The zero-order valence-corrected chi connectivity index (χ0v) is 15.7. The molecule has 0 saturated carbocycles. The Kier molecular flexibility index (Phi) is 6.07. The van der Waals surface area contributed by atoms with E-state index in [1.54, 1.807) is 31.2 Å². The number of rotatable bonds is 6.